The monoisotopic (exact) mass is 314 g/mol. The van der Waals surface area contributed by atoms with Gasteiger partial charge in [-0.15, -0.1) is 0 Å². The maximum Gasteiger partial charge on any atom is 0.208 e. The second kappa shape index (κ2) is 9.33. The van der Waals surface area contributed by atoms with Crippen LogP contribution < -0.4 is 4.74 Å². The molecule has 0 saturated carbocycles. The molecule has 0 heterocycles. The smallest absolute Gasteiger partial charge is 0.208 e. The van der Waals surface area contributed by atoms with Crippen molar-refractivity contribution in [2.24, 2.45) is 0 Å². The van der Waals surface area contributed by atoms with Gasteiger partial charge in [-0.25, -0.2) is 0 Å². The summed E-state index contributed by atoms with van der Waals surface area (Å²) in [4.78, 5) is 0. The van der Waals surface area contributed by atoms with E-state index >= 15 is 0 Å². The summed E-state index contributed by atoms with van der Waals surface area (Å²) < 4.78 is 16.9. The average molecular weight is 314 g/mol. The van der Waals surface area contributed by atoms with Gasteiger partial charge in [0.25, 0.3) is 0 Å². The third-order valence-electron chi connectivity index (χ3n) is 3.80. The predicted molar refractivity (Wildman–Crippen MR) is 92.7 cm³/mol. The van der Waals surface area contributed by atoms with E-state index in [1.165, 1.54) is 11.1 Å². The first-order valence-corrected chi connectivity index (χ1v) is 8.15. The van der Waals surface area contributed by atoms with Gasteiger partial charge < -0.3 is 14.2 Å². The lowest BCUT2D eigenvalue weighted by atomic mass is 10.0. The molecule has 2 aromatic rings. The van der Waals surface area contributed by atoms with Crippen LogP contribution in [0.3, 0.4) is 0 Å². The molecule has 23 heavy (non-hydrogen) atoms. The van der Waals surface area contributed by atoms with Crippen LogP contribution in [0.5, 0.6) is 5.75 Å². The molecule has 3 heteroatoms. The summed E-state index contributed by atoms with van der Waals surface area (Å²) in [5.41, 5.74) is 2.50. The van der Waals surface area contributed by atoms with Gasteiger partial charge in [0.05, 0.1) is 0 Å². The fourth-order valence-corrected chi connectivity index (χ4v) is 2.49. The maximum absolute atomic E-state index is 6.06. The van der Waals surface area contributed by atoms with Crippen LogP contribution in [0.15, 0.2) is 54.6 Å². The molecule has 0 aliphatic heterocycles. The lowest BCUT2D eigenvalue weighted by Crippen LogP contribution is -2.28. The molecule has 2 aromatic carbocycles. The summed E-state index contributed by atoms with van der Waals surface area (Å²) in [6.45, 7) is 4.48. The lowest BCUT2D eigenvalue weighted by molar-refractivity contribution is -0.156. The molecule has 124 valence electrons. The van der Waals surface area contributed by atoms with Gasteiger partial charge in [0, 0.05) is 13.0 Å². The van der Waals surface area contributed by atoms with Gasteiger partial charge in [-0.3, -0.25) is 0 Å². The second-order valence-corrected chi connectivity index (χ2v) is 5.65. The van der Waals surface area contributed by atoms with Crippen LogP contribution in [0, 0.1) is 0 Å². The topological polar surface area (TPSA) is 27.7 Å². The fraction of sp³-hybridized carbons (Fsp3) is 0.400. The van der Waals surface area contributed by atoms with Crippen LogP contribution in [0.4, 0.5) is 0 Å². The molecule has 3 nitrogen and oxygen atoms in total. The maximum atomic E-state index is 6.06. The lowest BCUT2D eigenvalue weighted by Gasteiger charge is -2.25. The van der Waals surface area contributed by atoms with Crippen LogP contribution in [-0.4, -0.2) is 20.2 Å². The molecule has 0 aliphatic rings. The predicted octanol–water partition coefficient (Wildman–Crippen LogP) is 4.77. The van der Waals surface area contributed by atoms with Crippen molar-refractivity contribution in [2.45, 2.75) is 38.9 Å². The van der Waals surface area contributed by atoms with Crippen LogP contribution in [-0.2, 0) is 15.9 Å². The number of rotatable bonds is 9. The molecule has 2 rings (SSSR count). The Morgan fingerprint density at radius 1 is 0.957 bits per heavy atom. The molecule has 0 radical (unpaired) electrons. The quantitative estimate of drug-likeness (QED) is 0.624. The second-order valence-electron chi connectivity index (χ2n) is 5.65. The van der Waals surface area contributed by atoms with E-state index in [-0.39, 0.29) is 12.7 Å². The van der Waals surface area contributed by atoms with Crippen LogP contribution in [0.1, 0.15) is 37.3 Å². The normalized spacial score (nSPS) is 13.5. The van der Waals surface area contributed by atoms with Gasteiger partial charge in [-0.2, -0.15) is 0 Å². The molecular weight excluding hydrogens is 288 g/mol. The van der Waals surface area contributed by atoms with E-state index in [4.69, 9.17) is 14.2 Å². The van der Waals surface area contributed by atoms with E-state index in [2.05, 4.69) is 38.1 Å². The van der Waals surface area contributed by atoms with E-state index in [1.807, 2.05) is 30.3 Å². The average Bonchev–Trinajstić information content (AvgIpc) is 2.60. The Morgan fingerprint density at radius 3 is 2.26 bits per heavy atom. The molecule has 0 aliphatic carbocycles. The minimum Gasteiger partial charge on any atom is -0.464 e. The zero-order chi connectivity index (χ0) is 16.5. The van der Waals surface area contributed by atoms with Crippen molar-refractivity contribution in [2.75, 3.05) is 13.9 Å². The Labute approximate surface area is 139 Å². The Kier molecular flexibility index (Phi) is 7.11. The third kappa shape index (κ3) is 5.38. The Morgan fingerprint density at radius 2 is 1.65 bits per heavy atom. The number of hydrogen-bond acceptors (Lipinski definition) is 3. The van der Waals surface area contributed by atoms with Gasteiger partial charge in [-0.05, 0) is 29.7 Å². The van der Waals surface area contributed by atoms with E-state index in [0.717, 1.165) is 18.6 Å². The molecule has 0 spiro atoms. The molecule has 0 amide bonds. The van der Waals surface area contributed by atoms with Gasteiger partial charge in [0.15, 0.2) is 6.79 Å². The minimum absolute atomic E-state index is 0.0988. The SMILES string of the molecule is CCCc1ccc(OC(OCOC)C(C)c2ccccc2)cc1. The van der Waals surface area contributed by atoms with Crippen molar-refractivity contribution in [3.63, 3.8) is 0 Å². The summed E-state index contributed by atoms with van der Waals surface area (Å²) in [7, 11) is 1.61. The first-order chi connectivity index (χ1) is 11.2. The van der Waals surface area contributed by atoms with Gasteiger partial charge in [-0.1, -0.05) is 62.7 Å². The number of aryl methyl sites for hydroxylation is 1. The Hall–Kier alpha value is -1.84. The molecule has 2 unspecified atom stereocenters. The van der Waals surface area contributed by atoms with E-state index in [9.17, 15) is 0 Å². The Bertz CT molecular complexity index is 551. The van der Waals surface area contributed by atoms with Crippen molar-refractivity contribution in [3.05, 3.63) is 65.7 Å². The number of benzene rings is 2. The van der Waals surface area contributed by atoms with Gasteiger partial charge in [0.2, 0.25) is 6.29 Å². The van der Waals surface area contributed by atoms with Crippen molar-refractivity contribution >= 4 is 0 Å². The van der Waals surface area contributed by atoms with Crippen LogP contribution in [0.2, 0.25) is 0 Å². The van der Waals surface area contributed by atoms with Gasteiger partial charge >= 0.3 is 0 Å². The van der Waals surface area contributed by atoms with E-state index < -0.39 is 6.29 Å². The minimum atomic E-state index is -0.394. The summed E-state index contributed by atoms with van der Waals surface area (Å²) in [5, 5.41) is 0. The summed E-state index contributed by atoms with van der Waals surface area (Å²) >= 11 is 0. The zero-order valence-electron chi connectivity index (χ0n) is 14.2. The number of ether oxygens (including phenoxy) is 3. The first-order valence-electron chi connectivity index (χ1n) is 8.15. The molecule has 0 bridgehead atoms. The standard InChI is InChI=1S/C20H26O3/c1-4-8-17-11-13-19(14-12-17)23-20(22-15-21-3)16(2)18-9-6-5-7-10-18/h5-7,9-14,16,20H,4,8,15H2,1-3H3. The zero-order valence-corrected chi connectivity index (χ0v) is 14.2. The highest BCUT2D eigenvalue weighted by molar-refractivity contribution is 5.28. The molecule has 2 atom stereocenters. The van der Waals surface area contributed by atoms with E-state index in [0.29, 0.717) is 0 Å². The summed E-state index contributed by atoms with van der Waals surface area (Å²) in [6.07, 6.45) is 1.84. The highest BCUT2D eigenvalue weighted by Gasteiger charge is 2.21. The highest BCUT2D eigenvalue weighted by Crippen LogP contribution is 2.25. The van der Waals surface area contributed by atoms with Gasteiger partial charge in [0.1, 0.15) is 5.75 Å². The molecule has 0 fully saturated rings. The molecular formula is C20H26O3. The highest BCUT2D eigenvalue weighted by atomic mass is 16.7. The van der Waals surface area contributed by atoms with Crippen molar-refractivity contribution in [1.82, 2.24) is 0 Å². The van der Waals surface area contributed by atoms with Crippen molar-refractivity contribution < 1.29 is 14.2 Å². The largest absolute Gasteiger partial charge is 0.464 e. The summed E-state index contributed by atoms with van der Waals surface area (Å²) in [5.74, 6) is 0.912. The van der Waals surface area contributed by atoms with Crippen molar-refractivity contribution in [3.8, 4) is 5.75 Å². The molecule has 0 N–H and O–H groups in total. The fourth-order valence-electron chi connectivity index (χ4n) is 2.49. The summed E-state index contributed by atoms with van der Waals surface area (Å²) in [6, 6.07) is 18.5. The Balaban J connectivity index is 2.08. The van der Waals surface area contributed by atoms with Crippen LogP contribution in [0.25, 0.3) is 0 Å². The first kappa shape index (κ1) is 17.5. The van der Waals surface area contributed by atoms with Crippen molar-refractivity contribution in [1.29, 1.82) is 0 Å². The van der Waals surface area contributed by atoms with Crippen LogP contribution >= 0.6 is 0 Å². The number of hydrogen-bond donors (Lipinski definition) is 0. The molecule has 0 saturated heterocycles. The third-order valence-corrected chi connectivity index (χ3v) is 3.80. The van der Waals surface area contributed by atoms with E-state index in [1.54, 1.807) is 7.11 Å². The molecule has 0 aromatic heterocycles. The number of methoxy groups -OCH3 is 1.